The lowest BCUT2D eigenvalue weighted by Gasteiger charge is -2.19. The molecule has 1 N–H and O–H groups in total. The molecule has 7 heteroatoms. The van der Waals surface area contributed by atoms with Crippen LogP contribution < -0.4 is 10.1 Å². The first-order chi connectivity index (χ1) is 11.6. The average Bonchev–Trinajstić information content (AvgIpc) is 3.11. The maximum atomic E-state index is 12.8. The fraction of sp³-hybridized carbons (Fsp3) is 0.529. The van der Waals surface area contributed by atoms with E-state index in [2.05, 4.69) is 5.32 Å². The second kappa shape index (κ2) is 9.10. The molecule has 0 unspecified atom stereocenters. The Bertz CT molecular complexity index is 545. The third-order valence-corrected chi connectivity index (χ3v) is 3.93. The first-order valence-electron chi connectivity index (χ1n) is 8.21. The number of rotatable bonds is 7. The molecule has 1 saturated heterocycles. The van der Waals surface area contributed by atoms with Gasteiger partial charge in [-0.1, -0.05) is 0 Å². The molecule has 3 amide bonds. The van der Waals surface area contributed by atoms with Crippen LogP contribution in [0.15, 0.2) is 24.3 Å². The minimum Gasteiger partial charge on any atom is -0.492 e. The summed E-state index contributed by atoms with van der Waals surface area (Å²) in [6, 6.07) is 5.48. The molecule has 0 spiro atoms. The Morgan fingerprint density at radius 3 is 2.58 bits per heavy atom. The quantitative estimate of drug-likeness (QED) is 0.826. The van der Waals surface area contributed by atoms with E-state index in [0.717, 1.165) is 25.9 Å². The molecule has 1 aromatic rings. The zero-order valence-corrected chi connectivity index (χ0v) is 14.0. The van der Waals surface area contributed by atoms with Crippen LogP contribution in [0.3, 0.4) is 0 Å². The standard InChI is InChI=1S/C17H24FN3O3/c1-20(12-13-24-15-6-4-14(18)5-7-15)17(23)19-9-8-16(22)21-10-2-3-11-21/h4-7H,2-3,8-13H2,1H3,(H,19,23). The molecule has 1 aliphatic rings. The molecular weight excluding hydrogens is 313 g/mol. The second-order valence-electron chi connectivity index (χ2n) is 5.79. The summed E-state index contributed by atoms with van der Waals surface area (Å²) in [5, 5.41) is 2.73. The zero-order chi connectivity index (χ0) is 17.4. The van der Waals surface area contributed by atoms with E-state index in [9.17, 15) is 14.0 Å². The van der Waals surface area contributed by atoms with Crippen LogP contribution in [0.1, 0.15) is 19.3 Å². The number of ether oxygens (including phenoxy) is 1. The third kappa shape index (κ3) is 5.72. The molecule has 6 nitrogen and oxygen atoms in total. The van der Waals surface area contributed by atoms with Crippen LogP contribution in [0.25, 0.3) is 0 Å². The number of amides is 3. The zero-order valence-electron chi connectivity index (χ0n) is 14.0. The summed E-state index contributed by atoms with van der Waals surface area (Å²) in [4.78, 5) is 27.1. The molecule has 24 heavy (non-hydrogen) atoms. The fourth-order valence-electron chi connectivity index (χ4n) is 2.47. The van der Waals surface area contributed by atoms with Crippen molar-refractivity contribution in [1.82, 2.24) is 15.1 Å². The Hall–Kier alpha value is -2.31. The Labute approximate surface area is 141 Å². The van der Waals surface area contributed by atoms with Crippen LogP contribution in [0.5, 0.6) is 5.75 Å². The number of urea groups is 1. The lowest BCUT2D eigenvalue weighted by Crippen LogP contribution is -2.41. The Morgan fingerprint density at radius 1 is 1.25 bits per heavy atom. The smallest absolute Gasteiger partial charge is 0.317 e. The van der Waals surface area contributed by atoms with E-state index in [-0.39, 0.29) is 17.8 Å². The number of carbonyl (C=O) groups excluding carboxylic acids is 2. The second-order valence-corrected chi connectivity index (χ2v) is 5.79. The highest BCUT2D eigenvalue weighted by Gasteiger charge is 2.17. The number of nitrogens with one attached hydrogen (secondary N) is 1. The number of hydrogen-bond acceptors (Lipinski definition) is 3. The number of carbonyl (C=O) groups is 2. The first kappa shape index (κ1) is 18.0. The summed E-state index contributed by atoms with van der Waals surface area (Å²) >= 11 is 0. The van der Waals surface area contributed by atoms with E-state index >= 15 is 0 Å². The van der Waals surface area contributed by atoms with Crippen LogP contribution in [0.2, 0.25) is 0 Å². The third-order valence-electron chi connectivity index (χ3n) is 3.93. The number of nitrogens with zero attached hydrogens (tertiary/aromatic N) is 2. The van der Waals surface area contributed by atoms with E-state index in [1.807, 2.05) is 4.90 Å². The van der Waals surface area contributed by atoms with E-state index in [1.165, 1.54) is 17.0 Å². The fourth-order valence-corrected chi connectivity index (χ4v) is 2.47. The van der Waals surface area contributed by atoms with Gasteiger partial charge in [0.2, 0.25) is 5.91 Å². The van der Waals surface area contributed by atoms with Gasteiger partial charge in [-0.3, -0.25) is 4.79 Å². The van der Waals surface area contributed by atoms with Gasteiger partial charge in [-0.15, -0.1) is 0 Å². The predicted molar refractivity (Wildman–Crippen MR) is 88.4 cm³/mol. The number of halogens is 1. The van der Waals surface area contributed by atoms with Crippen molar-refractivity contribution in [1.29, 1.82) is 0 Å². The lowest BCUT2D eigenvalue weighted by atomic mass is 10.3. The van der Waals surface area contributed by atoms with E-state index in [1.54, 1.807) is 19.2 Å². The van der Waals surface area contributed by atoms with Gasteiger partial charge >= 0.3 is 6.03 Å². The number of hydrogen-bond donors (Lipinski definition) is 1. The van der Waals surface area contributed by atoms with Crippen molar-refractivity contribution >= 4 is 11.9 Å². The van der Waals surface area contributed by atoms with Crippen LogP contribution >= 0.6 is 0 Å². The summed E-state index contributed by atoms with van der Waals surface area (Å²) in [6.45, 7) is 2.68. The summed E-state index contributed by atoms with van der Waals surface area (Å²) < 4.78 is 18.2. The van der Waals surface area contributed by atoms with Gasteiger partial charge in [0.25, 0.3) is 0 Å². The average molecular weight is 337 g/mol. The van der Waals surface area contributed by atoms with Gasteiger partial charge in [-0.05, 0) is 37.1 Å². The topological polar surface area (TPSA) is 61.9 Å². The van der Waals surface area contributed by atoms with Crippen LogP contribution in [-0.4, -0.2) is 61.6 Å². The van der Waals surface area contributed by atoms with E-state index in [0.29, 0.717) is 31.9 Å². The molecule has 1 heterocycles. The summed E-state index contributed by atoms with van der Waals surface area (Å²) in [7, 11) is 1.66. The van der Waals surface area contributed by atoms with E-state index in [4.69, 9.17) is 4.74 Å². The van der Waals surface area contributed by atoms with Gasteiger partial charge in [-0.25, -0.2) is 9.18 Å². The molecule has 1 aliphatic heterocycles. The molecule has 1 fully saturated rings. The van der Waals surface area contributed by atoms with Gasteiger partial charge in [-0.2, -0.15) is 0 Å². The van der Waals surface area contributed by atoms with Gasteiger partial charge in [0.05, 0.1) is 6.54 Å². The van der Waals surface area contributed by atoms with Crippen molar-refractivity contribution in [2.45, 2.75) is 19.3 Å². The molecular formula is C17H24FN3O3. The Kier molecular flexibility index (Phi) is 6.84. The summed E-state index contributed by atoms with van der Waals surface area (Å²) in [6.07, 6.45) is 2.45. The maximum absolute atomic E-state index is 12.8. The molecule has 132 valence electrons. The highest BCUT2D eigenvalue weighted by atomic mass is 19.1. The van der Waals surface area contributed by atoms with Crippen molar-refractivity contribution in [3.8, 4) is 5.75 Å². The first-order valence-corrected chi connectivity index (χ1v) is 8.21. The van der Waals surface area contributed by atoms with Crippen molar-refractivity contribution < 1.29 is 18.7 Å². The summed E-state index contributed by atoms with van der Waals surface area (Å²) in [5.74, 6) is 0.332. The molecule has 2 rings (SSSR count). The van der Waals surface area contributed by atoms with Gasteiger partial charge in [0.15, 0.2) is 0 Å². The highest BCUT2D eigenvalue weighted by Crippen LogP contribution is 2.11. The van der Waals surface area contributed by atoms with Gasteiger partial charge in [0, 0.05) is 33.1 Å². The summed E-state index contributed by atoms with van der Waals surface area (Å²) in [5.41, 5.74) is 0. The Balaban J connectivity index is 1.59. The van der Waals surface area contributed by atoms with Crippen LogP contribution in [-0.2, 0) is 4.79 Å². The number of likely N-dealkylation sites (tertiary alicyclic amines) is 1. The van der Waals surface area contributed by atoms with E-state index < -0.39 is 0 Å². The van der Waals surface area contributed by atoms with Crippen molar-refractivity contribution in [2.75, 3.05) is 39.8 Å². The maximum Gasteiger partial charge on any atom is 0.317 e. The molecule has 0 bridgehead atoms. The number of benzene rings is 1. The molecule has 0 atom stereocenters. The normalized spacial score (nSPS) is 13.7. The van der Waals surface area contributed by atoms with Crippen molar-refractivity contribution in [2.24, 2.45) is 0 Å². The number of likely N-dealkylation sites (N-methyl/N-ethyl adjacent to an activating group) is 1. The van der Waals surface area contributed by atoms with Crippen molar-refractivity contribution in [3.63, 3.8) is 0 Å². The molecule has 0 aliphatic carbocycles. The Morgan fingerprint density at radius 2 is 1.92 bits per heavy atom. The highest BCUT2D eigenvalue weighted by molar-refractivity contribution is 5.78. The van der Waals surface area contributed by atoms with Gasteiger partial charge in [0.1, 0.15) is 18.2 Å². The minimum absolute atomic E-state index is 0.0927. The largest absolute Gasteiger partial charge is 0.492 e. The molecule has 1 aromatic carbocycles. The van der Waals surface area contributed by atoms with Gasteiger partial charge < -0.3 is 19.9 Å². The van der Waals surface area contributed by atoms with Crippen LogP contribution in [0, 0.1) is 5.82 Å². The predicted octanol–water partition coefficient (Wildman–Crippen LogP) is 1.86. The molecule has 0 saturated carbocycles. The SMILES string of the molecule is CN(CCOc1ccc(F)cc1)C(=O)NCCC(=O)N1CCCC1. The lowest BCUT2D eigenvalue weighted by molar-refractivity contribution is -0.129. The van der Waals surface area contributed by atoms with Crippen molar-refractivity contribution in [3.05, 3.63) is 30.1 Å². The monoisotopic (exact) mass is 337 g/mol. The molecule has 0 radical (unpaired) electrons. The molecule has 0 aromatic heterocycles. The van der Waals surface area contributed by atoms with Crippen LogP contribution in [0.4, 0.5) is 9.18 Å². The minimum atomic E-state index is -0.317.